The fraction of sp³-hybridized carbons (Fsp3) is 0.409. The van der Waals surface area contributed by atoms with Gasteiger partial charge in [0.2, 0.25) is 15.9 Å². The molecule has 1 atom stereocenters. The Balaban J connectivity index is 1.70. The number of halogens is 1. The molecule has 1 fully saturated rings. The molecule has 29 heavy (non-hydrogen) atoms. The Bertz CT molecular complexity index is 974. The van der Waals surface area contributed by atoms with Crippen LogP contribution in [0.4, 0.5) is 5.69 Å². The SMILES string of the molecule is CCc1cccc(C)c1NC(=O)[C@@H]1CCCN(S(=O)(=O)Cc2ccc(Cl)cc2)C1. The summed E-state index contributed by atoms with van der Waals surface area (Å²) in [5.74, 6) is -0.551. The Labute approximate surface area is 178 Å². The number of rotatable bonds is 6. The third kappa shape index (κ3) is 5.38. The predicted octanol–water partition coefficient (Wildman–Crippen LogP) is 4.39. The number of nitrogens with zero attached hydrogens (tertiary/aromatic N) is 1. The van der Waals surface area contributed by atoms with Crippen molar-refractivity contribution in [3.63, 3.8) is 0 Å². The number of carbonyl (C=O) groups is 1. The molecule has 5 nitrogen and oxygen atoms in total. The zero-order valence-electron chi connectivity index (χ0n) is 16.8. The van der Waals surface area contributed by atoms with Crippen LogP contribution < -0.4 is 5.32 Å². The van der Waals surface area contributed by atoms with Crippen molar-refractivity contribution >= 4 is 33.2 Å². The number of hydrogen-bond acceptors (Lipinski definition) is 3. The largest absolute Gasteiger partial charge is 0.325 e. The smallest absolute Gasteiger partial charge is 0.228 e. The third-order valence-corrected chi connectivity index (χ3v) is 7.47. The molecule has 0 spiro atoms. The molecule has 2 aromatic carbocycles. The Morgan fingerprint density at radius 2 is 1.93 bits per heavy atom. The molecule has 0 aromatic heterocycles. The molecule has 1 aliphatic rings. The number of anilines is 1. The van der Waals surface area contributed by atoms with E-state index in [0.717, 1.165) is 23.2 Å². The number of benzene rings is 2. The molecule has 1 heterocycles. The summed E-state index contributed by atoms with van der Waals surface area (Å²) in [6.07, 6.45) is 2.18. The topological polar surface area (TPSA) is 66.5 Å². The van der Waals surface area contributed by atoms with Gasteiger partial charge in [0.1, 0.15) is 0 Å². The standard InChI is InChI=1S/C22H27ClN2O3S/c1-3-18-7-4-6-16(2)21(18)24-22(26)19-8-5-13-25(14-19)29(27,28)15-17-9-11-20(23)12-10-17/h4,6-7,9-12,19H,3,5,8,13-15H2,1-2H3,(H,24,26)/t19-/m1/s1. The van der Waals surface area contributed by atoms with Crippen LogP contribution in [0.1, 0.15) is 36.5 Å². The number of amides is 1. The molecule has 3 rings (SSSR count). The maximum absolute atomic E-state index is 12.9. The van der Waals surface area contributed by atoms with Crippen molar-refractivity contribution in [2.24, 2.45) is 5.92 Å². The number of para-hydroxylation sites is 1. The van der Waals surface area contributed by atoms with Gasteiger partial charge < -0.3 is 5.32 Å². The Morgan fingerprint density at radius 3 is 2.62 bits per heavy atom. The van der Waals surface area contributed by atoms with Crippen LogP contribution in [0.25, 0.3) is 0 Å². The first-order valence-electron chi connectivity index (χ1n) is 9.91. The van der Waals surface area contributed by atoms with Crippen LogP contribution in [-0.2, 0) is 27.0 Å². The average Bonchev–Trinajstić information content (AvgIpc) is 2.71. The second-order valence-corrected chi connectivity index (χ2v) is 9.94. The van der Waals surface area contributed by atoms with E-state index >= 15 is 0 Å². The van der Waals surface area contributed by atoms with E-state index in [0.29, 0.717) is 30.0 Å². The lowest BCUT2D eigenvalue weighted by molar-refractivity contribution is -0.120. The highest BCUT2D eigenvalue weighted by Crippen LogP contribution is 2.26. The van der Waals surface area contributed by atoms with Gasteiger partial charge in [0.25, 0.3) is 0 Å². The highest BCUT2D eigenvalue weighted by atomic mass is 35.5. The minimum Gasteiger partial charge on any atom is -0.325 e. The van der Waals surface area contributed by atoms with Crippen LogP contribution in [0, 0.1) is 12.8 Å². The van der Waals surface area contributed by atoms with Crippen molar-refractivity contribution in [3.05, 3.63) is 64.2 Å². The summed E-state index contributed by atoms with van der Waals surface area (Å²) in [5.41, 5.74) is 3.64. The fourth-order valence-corrected chi connectivity index (χ4v) is 5.46. The molecule has 1 aliphatic heterocycles. The van der Waals surface area contributed by atoms with E-state index in [1.165, 1.54) is 4.31 Å². The van der Waals surface area contributed by atoms with Crippen molar-refractivity contribution in [3.8, 4) is 0 Å². The van der Waals surface area contributed by atoms with E-state index in [1.807, 2.05) is 25.1 Å². The van der Waals surface area contributed by atoms with Gasteiger partial charge in [0.05, 0.1) is 11.7 Å². The van der Waals surface area contributed by atoms with Gasteiger partial charge in [0, 0.05) is 23.8 Å². The van der Waals surface area contributed by atoms with E-state index in [1.54, 1.807) is 24.3 Å². The van der Waals surface area contributed by atoms with Gasteiger partial charge in [-0.15, -0.1) is 0 Å². The van der Waals surface area contributed by atoms with E-state index in [2.05, 4.69) is 12.2 Å². The maximum Gasteiger partial charge on any atom is 0.228 e. The molecule has 0 saturated carbocycles. The first-order chi connectivity index (χ1) is 13.8. The second-order valence-electron chi connectivity index (χ2n) is 7.53. The Morgan fingerprint density at radius 1 is 1.21 bits per heavy atom. The second kappa shape index (κ2) is 9.28. The number of sulfonamides is 1. The molecule has 1 N–H and O–H groups in total. The molecule has 2 aromatic rings. The van der Waals surface area contributed by atoms with E-state index in [4.69, 9.17) is 11.6 Å². The molecular formula is C22H27ClN2O3S. The van der Waals surface area contributed by atoms with Crippen molar-refractivity contribution in [2.75, 3.05) is 18.4 Å². The third-order valence-electron chi connectivity index (χ3n) is 5.40. The fourth-order valence-electron chi connectivity index (χ4n) is 3.72. The molecule has 0 bridgehead atoms. The van der Waals surface area contributed by atoms with Crippen LogP contribution in [0.15, 0.2) is 42.5 Å². The molecule has 0 unspecified atom stereocenters. The molecule has 7 heteroatoms. The highest BCUT2D eigenvalue weighted by molar-refractivity contribution is 7.88. The van der Waals surface area contributed by atoms with E-state index < -0.39 is 10.0 Å². The monoisotopic (exact) mass is 434 g/mol. The molecule has 1 amide bonds. The maximum atomic E-state index is 12.9. The summed E-state index contributed by atoms with van der Waals surface area (Å²) >= 11 is 5.88. The summed E-state index contributed by atoms with van der Waals surface area (Å²) in [6, 6.07) is 12.8. The van der Waals surface area contributed by atoms with Gasteiger partial charge >= 0.3 is 0 Å². The number of piperidine rings is 1. The molecule has 156 valence electrons. The number of hydrogen-bond donors (Lipinski definition) is 1. The average molecular weight is 435 g/mol. The highest BCUT2D eigenvalue weighted by Gasteiger charge is 2.32. The predicted molar refractivity (Wildman–Crippen MR) is 118 cm³/mol. The van der Waals surface area contributed by atoms with Gasteiger partial charge in [0.15, 0.2) is 0 Å². The lowest BCUT2D eigenvalue weighted by Crippen LogP contribution is -2.44. The van der Waals surface area contributed by atoms with Crippen molar-refractivity contribution in [2.45, 2.75) is 38.9 Å². The van der Waals surface area contributed by atoms with Crippen LogP contribution in [0.5, 0.6) is 0 Å². The van der Waals surface area contributed by atoms with Gasteiger partial charge in [-0.2, -0.15) is 0 Å². The molecule has 0 radical (unpaired) electrons. The van der Waals surface area contributed by atoms with Crippen LogP contribution in [-0.4, -0.2) is 31.7 Å². The summed E-state index contributed by atoms with van der Waals surface area (Å²) in [4.78, 5) is 12.9. The summed E-state index contributed by atoms with van der Waals surface area (Å²) < 4.78 is 27.2. The van der Waals surface area contributed by atoms with Gasteiger partial charge in [-0.25, -0.2) is 12.7 Å². The summed E-state index contributed by atoms with van der Waals surface area (Å²) in [7, 11) is -3.50. The van der Waals surface area contributed by atoms with Gasteiger partial charge in [-0.1, -0.05) is 48.9 Å². The normalized spacial score (nSPS) is 17.8. The number of carbonyl (C=O) groups excluding carboxylic acids is 1. The number of aryl methyl sites for hydroxylation is 2. The van der Waals surface area contributed by atoms with Crippen molar-refractivity contribution in [1.29, 1.82) is 0 Å². The first kappa shape index (κ1) is 21.8. The quantitative estimate of drug-likeness (QED) is 0.733. The minimum absolute atomic E-state index is 0.0870. The Hall–Kier alpha value is -1.89. The molecular weight excluding hydrogens is 408 g/mol. The van der Waals surface area contributed by atoms with Crippen molar-refractivity contribution < 1.29 is 13.2 Å². The van der Waals surface area contributed by atoms with Gasteiger partial charge in [-0.05, 0) is 55.0 Å². The number of nitrogens with one attached hydrogen (secondary N) is 1. The molecule has 0 aliphatic carbocycles. The lowest BCUT2D eigenvalue weighted by atomic mass is 9.98. The zero-order valence-corrected chi connectivity index (χ0v) is 18.4. The van der Waals surface area contributed by atoms with Crippen molar-refractivity contribution in [1.82, 2.24) is 4.31 Å². The summed E-state index contributed by atoms with van der Waals surface area (Å²) in [5, 5.41) is 3.62. The van der Waals surface area contributed by atoms with Gasteiger partial charge in [-0.3, -0.25) is 4.79 Å². The minimum atomic E-state index is -3.50. The first-order valence-corrected chi connectivity index (χ1v) is 11.9. The summed E-state index contributed by atoms with van der Waals surface area (Å²) in [6.45, 7) is 4.69. The van der Waals surface area contributed by atoms with Crippen LogP contribution in [0.3, 0.4) is 0 Å². The Kier molecular flexibility index (Phi) is 6.98. The molecule has 1 saturated heterocycles. The zero-order chi connectivity index (χ0) is 21.0. The lowest BCUT2D eigenvalue weighted by Gasteiger charge is -2.31. The van der Waals surface area contributed by atoms with Crippen LogP contribution in [0.2, 0.25) is 5.02 Å². The van der Waals surface area contributed by atoms with E-state index in [9.17, 15) is 13.2 Å². The van der Waals surface area contributed by atoms with Crippen LogP contribution >= 0.6 is 11.6 Å². The van der Waals surface area contributed by atoms with E-state index in [-0.39, 0.29) is 24.1 Å².